The second kappa shape index (κ2) is 48.7. The molecule has 0 aliphatic rings. The van der Waals surface area contributed by atoms with Crippen LogP contribution in [0.2, 0.25) is 0 Å². The molecule has 0 heterocycles. The molecule has 334 valence electrons. The van der Waals surface area contributed by atoms with Gasteiger partial charge in [0.2, 0.25) is 0 Å². The average Bonchev–Trinajstić information content (AvgIpc) is 3.22. The summed E-state index contributed by atoms with van der Waals surface area (Å²) in [6.07, 6.45) is 62.0. The zero-order chi connectivity index (χ0) is 42.1. The number of hydrogen-bond donors (Lipinski definition) is 0. The predicted octanol–water partition coefficient (Wildman–Crippen LogP) is 16.3. The van der Waals surface area contributed by atoms with Gasteiger partial charge in [-0.3, -0.25) is 9.59 Å². The second-order valence-corrected chi connectivity index (χ2v) is 16.0. The van der Waals surface area contributed by atoms with Crippen LogP contribution in [-0.4, -0.2) is 37.9 Å². The van der Waals surface area contributed by atoms with E-state index in [9.17, 15) is 9.59 Å². The molecule has 0 bridgehead atoms. The molecule has 0 fully saturated rings. The van der Waals surface area contributed by atoms with Crippen LogP contribution in [0.1, 0.15) is 226 Å². The summed E-state index contributed by atoms with van der Waals surface area (Å²) >= 11 is 0. The van der Waals surface area contributed by atoms with Crippen LogP contribution in [0, 0.1) is 0 Å². The molecule has 1 atom stereocenters. The van der Waals surface area contributed by atoms with E-state index in [1.165, 1.54) is 103 Å². The van der Waals surface area contributed by atoms with Crippen molar-refractivity contribution in [3.05, 3.63) is 72.9 Å². The predicted molar refractivity (Wildman–Crippen MR) is 251 cm³/mol. The number of rotatable bonds is 44. The van der Waals surface area contributed by atoms with E-state index in [0.29, 0.717) is 19.4 Å². The summed E-state index contributed by atoms with van der Waals surface area (Å²) in [6.45, 7) is 7.63. The summed E-state index contributed by atoms with van der Waals surface area (Å²) in [5, 5.41) is 0. The molecule has 0 aromatic heterocycles. The van der Waals surface area contributed by atoms with Crippen molar-refractivity contribution < 1.29 is 23.8 Å². The number of carbonyl (C=O) groups excluding carboxylic acids is 2. The van der Waals surface area contributed by atoms with Gasteiger partial charge in [0, 0.05) is 19.4 Å². The lowest BCUT2D eigenvalue weighted by molar-refractivity contribution is -0.163. The number of carbonyl (C=O) groups is 2. The lowest BCUT2D eigenvalue weighted by atomic mass is 10.1. The third-order valence-electron chi connectivity index (χ3n) is 10.2. The molecule has 5 nitrogen and oxygen atoms in total. The largest absolute Gasteiger partial charge is 0.462 e. The first-order valence-corrected chi connectivity index (χ1v) is 24.5. The fraction of sp³-hybridized carbons (Fsp3) is 0.736. The van der Waals surface area contributed by atoms with Crippen molar-refractivity contribution in [3.8, 4) is 0 Å². The first kappa shape index (κ1) is 55.3. The highest BCUT2D eigenvalue weighted by Crippen LogP contribution is 2.13. The maximum absolute atomic E-state index is 12.7. The van der Waals surface area contributed by atoms with E-state index in [2.05, 4.69) is 93.7 Å². The maximum atomic E-state index is 12.7. The van der Waals surface area contributed by atoms with Gasteiger partial charge in [-0.1, -0.05) is 196 Å². The van der Waals surface area contributed by atoms with Crippen molar-refractivity contribution in [1.82, 2.24) is 0 Å². The Morgan fingerprint density at radius 2 is 0.776 bits per heavy atom. The highest BCUT2D eigenvalue weighted by Gasteiger charge is 2.17. The maximum Gasteiger partial charge on any atom is 0.306 e. The lowest BCUT2D eigenvalue weighted by Crippen LogP contribution is -2.30. The lowest BCUT2D eigenvalue weighted by Gasteiger charge is -2.18. The molecule has 0 radical (unpaired) electrons. The molecule has 0 spiro atoms. The minimum atomic E-state index is -0.544. The van der Waals surface area contributed by atoms with E-state index in [1.54, 1.807) is 0 Å². The average molecular weight is 809 g/mol. The molecule has 0 aliphatic heterocycles. The molecule has 58 heavy (non-hydrogen) atoms. The summed E-state index contributed by atoms with van der Waals surface area (Å²) in [5.41, 5.74) is 0. The molecule has 1 unspecified atom stereocenters. The summed E-state index contributed by atoms with van der Waals surface area (Å²) in [7, 11) is 0. The van der Waals surface area contributed by atoms with E-state index in [1.807, 2.05) is 0 Å². The topological polar surface area (TPSA) is 61.8 Å². The van der Waals surface area contributed by atoms with Crippen LogP contribution >= 0.6 is 0 Å². The summed E-state index contributed by atoms with van der Waals surface area (Å²) < 4.78 is 17.2. The summed E-state index contributed by atoms with van der Waals surface area (Å²) in [5.74, 6) is -0.425. The van der Waals surface area contributed by atoms with Gasteiger partial charge in [-0.25, -0.2) is 0 Å². The molecule has 0 rings (SSSR count). The second-order valence-electron chi connectivity index (χ2n) is 16.0. The van der Waals surface area contributed by atoms with E-state index in [-0.39, 0.29) is 25.2 Å². The van der Waals surface area contributed by atoms with E-state index < -0.39 is 6.10 Å². The van der Waals surface area contributed by atoms with Crippen molar-refractivity contribution >= 4 is 11.9 Å². The highest BCUT2D eigenvalue weighted by molar-refractivity contribution is 5.70. The van der Waals surface area contributed by atoms with Crippen molar-refractivity contribution in [2.45, 2.75) is 232 Å². The van der Waals surface area contributed by atoms with Crippen LogP contribution in [0.25, 0.3) is 0 Å². The van der Waals surface area contributed by atoms with E-state index in [0.717, 1.165) is 89.9 Å². The van der Waals surface area contributed by atoms with Gasteiger partial charge >= 0.3 is 11.9 Å². The minimum Gasteiger partial charge on any atom is -0.462 e. The summed E-state index contributed by atoms with van der Waals surface area (Å²) in [4.78, 5) is 25.3. The Labute approximate surface area is 359 Å². The van der Waals surface area contributed by atoms with Gasteiger partial charge in [0.05, 0.1) is 6.61 Å². The Bertz CT molecular complexity index is 1050. The smallest absolute Gasteiger partial charge is 0.306 e. The van der Waals surface area contributed by atoms with Crippen LogP contribution in [0.4, 0.5) is 0 Å². The van der Waals surface area contributed by atoms with Gasteiger partial charge in [0.25, 0.3) is 0 Å². The molecule has 0 aromatic rings. The Morgan fingerprint density at radius 1 is 0.397 bits per heavy atom. The van der Waals surface area contributed by atoms with Gasteiger partial charge in [0.15, 0.2) is 6.10 Å². The zero-order valence-electron chi connectivity index (χ0n) is 38.3. The van der Waals surface area contributed by atoms with Crippen molar-refractivity contribution in [1.29, 1.82) is 0 Å². The van der Waals surface area contributed by atoms with Crippen molar-refractivity contribution in [3.63, 3.8) is 0 Å². The Kier molecular flexibility index (Phi) is 46.5. The van der Waals surface area contributed by atoms with Crippen LogP contribution < -0.4 is 0 Å². The monoisotopic (exact) mass is 809 g/mol. The first-order valence-electron chi connectivity index (χ1n) is 24.5. The van der Waals surface area contributed by atoms with Crippen LogP contribution in [0.5, 0.6) is 0 Å². The number of ether oxygens (including phenoxy) is 3. The number of esters is 2. The zero-order valence-corrected chi connectivity index (χ0v) is 38.3. The molecular formula is C53H92O5. The third kappa shape index (κ3) is 46.0. The van der Waals surface area contributed by atoms with E-state index in [4.69, 9.17) is 14.2 Å². The van der Waals surface area contributed by atoms with Gasteiger partial charge in [0.1, 0.15) is 6.61 Å². The van der Waals surface area contributed by atoms with Gasteiger partial charge in [-0.15, -0.1) is 0 Å². The number of hydrogen-bond acceptors (Lipinski definition) is 5. The Balaban J connectivity index is 4.13. The Morgan fingerprint density at radius 3 is 1.28 bits per heavy atom. The standard InChI is InChI=1S/C53H92O5/c1-4-7-10-13-16-18-20-22-24-26-27-29-30-32-34-36-38-40-43-46-52(54)57-50-51(49-56-48-45-42-15-12-9-6-3)58-53(55)47-44-41-39-37-35-33-31-28-25-23-21-19-17-14-11-8-5-2/h7,10,16-19,22-25,27,29,51H,4-6,8-9,11-15,20-21,26,28,30-50H2,1-3H3/b10-7-,18-16-,19-17-,24-22-,25-23-,29-27-. The minimum absolute atomic E-state index is 0.0727. The summed E-state index contributed by atoms with van der Waals surface area (Å²) in [6, 6.07) is 0. The van der Waals surface area contributed by atoms with Crippen LogP contribution in [0.15, 0.2) is 72.9 Å². The highest BCUT2D eigenvalue weighted by atomic mass is 16.6. The first-order chi connectivity index (χ1) is 28.6. The van der Waals surface area contributed by atoms with Gasteiger partial charge in [-0.2, -0.15) is 0 Å². The number of unbranched alkanes of at least 4 members (excludes halogenated alkanes) is 21. The third-order valence-corrected chi connectivity index (χ3v) is 10.2. The van der Waals surface area contributed by atoms with E-state index >= 15 is 0 Å². The number of allylic oxidation sites excluding steroid dienone is 12. The van der Waals surface area contributed by atoms with Crippen LogP contribution in [0.3, 0.4) is 0 Å². The molecule has 0 aliphatic carbocycles. The van der Waals surface area contributed by atoms with Gasteiger partial charge in [-0.05, 0) is 89.9 Å². The molecule has 5 heteroatoms. The molecule has 0 N–H and O–H groups in total. The quantitative estimate of drug-likeness (QED) is 0.0348. The molecule has 0 aromatic carbocycles. The normalized spacial score (nSPS) is 12.8. The fourth-order valence-electron chi connectivity index (χ4n) is 6.59. The molecule has 0 saturated heterocycles. The molecule has 0 saturated carbocycles. The van der Waals surface area contributed by atoms with Crippen molar-refractivity contribution in [2.75, 3.05) is 19.8 Å². The molecular weight excluding hydrogens is 717 g/mol. The van der Waals surface area contributed by atoms with Crippen LogP contribution in [-0.2, 0) is 23.8 Å². The SMILES string of the molecule is CC/C=C\C/C=C\C/C=C\C/C=C\CCCCCCCCC(=O)OCC(COCCCCCCCC)OC(=O)CCCCCCCCC/C=C\C/C=C\CCCCC. The fourth-order valence-corrected chi connectivity index (χ4v) is 6.59. The van der Waals surface area contributed by atoms with Gasteiger partial charge < -0.3 is 14.2 Å². The van der Waals surface area contributed by atoms with Crippen molar-refractivity contribution in [2.24, 2.45) is 0 Å². The Hall–Kier alpha value is -2.66. The molecule has 0 amide bonds.